The van der Waals surface area contributed by atoms with Crippen molar-refractivity contribution < 1.29 is 4.42 Å². The highest BCUT2D eigenvalue weighted by molar-refractivity contribution is 6.38. The van der Waals surface area contributed by atoms with E-state index in [2.05, 4.69) is 4.98 Å². The maximum Gasteiger partial charge on any atom is 0.142 e. The fraction of sp³-hybridized carbons (Fsp3) is 0. The van der Waals surface area contributed by atoms with E-state index in [0.717, 1.165) is 16.4 Å². The molecule has 4 heteroatoms. The van der Waals surface area contributed by atoms with Gasteiger partial charge in [-0.2, -0.15) is 0 Å². The Kier molecular flexibility index (Phi) is 1.87. The Morgan fingerprint density at radius 3 is 2.73 bits per heavy atom. The number of benzene rings is 1. The van der Waals surface area contributed by atoms with Gasteiger partial charge in [0.25, 0.3) is 0 Å². The van der Waals surface area contributed by atoms with Crippen molar-refractivity contribution in [3.8, 4) is 0 Å². The lowest BCUT2D eigenvalue weighted by Gasteiger charge is -1.93. The van der Waals surface area contributed by atoms with Crippen LogP contribution in [0.5, 0.6) is 0 Å². The SMILES string of the molecule is Clc1cc2oc3ccccc3c2c(Cl)n1. The van der Waals surface area contributed by atoms with Crippen molar-refractivity contribution in [2.24, 2.45) is 0 Å². The first kappa shape index (κ1) is 9.01. The van der Waals surface area contributed by atoms with E-state index in [-0.39, 0.29) is 0 Å². The third-order valence-electron chi connectivity index (χ3n) is 2.28. The van der Waals surface area contributed by atoms with Crippen molar-refractivity contribution in [2.45, 2.75) is 0 Å². The number of hydrogen-bond acceptors (Lipinski definition) is 2. The van der Waals surface area contributed by atoms with Crippen LogP contribution >= 0.6 is 23.2 Å². The van der Waals surface area contributed by atoms with Gasteiger partial charge in [0.2, 0.25) is 0 Å². The average molecular weight is 238 g/mol. The molecule has 0 atom stereocenters. The van der Waals surface area contributed by atoms with E-state index in [9.17, 15) is 0 Å². The van der Waals surface area contributed by atoms with E-state index in [1.54, 1.807) is 6.07 Å². The maximum absolute atomic E-state index is 6.03. The van der Waals surface area contributed by atoms with E-state index in [0.29, 0.717) is 15.9 Å². The monoisotopic (exact) mass is 237 g/mol. The van der Waals surface area contributed by atoms with Crippen molar-refractivity contribution in [1.29, 1.82) is 0 Å². The molecule has 0 aliphatic rings. The lowest BCUT2D eigenvalue weighted by molar-refractivity contribution is 0.668. The van der Waals surface area contributed by atoms with Crippen molar-refractivity contribution in [3.63, 3.8) is 0 Å². The topological polar surface area (TPSA) is 26.0 Å². The molecular weight excluding hydrogens is 233 g/mol. The fourth-order valence-electron chi connectivity index (χ4n) is 1.67. The fourth-order valence-corrected chi connectivity index (χ4v) is 2.18. The number of pyridine rings is 1. The molecule has 0 saturated heterocycles. The molecule has 0 bridgehead atoms. The quantitative estimate of drug-likeness (QED) is 0.546. The predicted octanol–water partition coefficient (Wildman–Crippen LogP) is 4.29. The van der Waals surface area contributed by atoms with E-state index in [1.807, 2.05) is 24.3 Å². The number of aromatic nitrogens is 1. The van der Waals surface area contributed by atoms with Gasteiger partial charge in [-0.05, 0) is 6.07 Å². The molecule has 2 nitrogen and oxygen atoms in total. The number of rotatable bonds is 0. The van der Waals surface area contributed by atoms with Gasteiger partial charge < -0.3 is 4.42 Å². The second kappa shape index (κ2) is 3.12. The molecule has 0 N–H and O–H groups in total. The standard InChI is InChI=1S/C11H5Cl2NO/c12-9-5-8-10(11(13)14-9)6-3-1-2-4-7(6)15-8/h1-5H. The summed E-state index contributed by atoms with van der Waals surface area (Å²) < 4.78 is 5.61. The van der Waals surface area contributed by atoms with Gasteiger partial charge in [0.05, 0.1) is 5.39 Å². The predicted molar refractivity (Wildman–Crippen MR) is 61.5 cm³/mol. The molecule has 74 valence electrons. The Morgan fingerprint density at radius 1 is 1.07 bits per heavy atom. The van der Waals surface area contributed by atoms with Gasteiger partial charge in [-0.15, -0.1) is 0 Å². The molecule has 2 heterocycles. The van der Waals surface area contributed by atoms with E-state index >= 15 is 0 Å². The second-order valence-electron chi connectivity index (χ2n) is 3.21. The highest BCUT2D eigenvalue weighted by Gasteiger charge is 2.11. The summed E-state index contributed by atoms with van der Waals surface area (Å²) in [5.41, 5.74) is 1.46. The summed E-state index contributed by atoms with van der Waals surface area (Å²) >= 11 is 11.8. The normalized spacial score (nSPS) is 11.3. The molecule has 3 rings (SSSR count). The molecule has 15 heavy (non-hydrogen) atoms. The molecule has 0 radical (unpaired) electrons. The lowest BCUT2D eigenvalue weighted by atomic mass is 10.2. The Hall–Kier alpha value is -1.25. The van der Waals surface area contributed by atoms with Gasteiger partial charge in [-0.25, -0.2) is 4.98 Å². The van der Waals surface area contributed by atoms with Crippen LogP contribution in [-0.4, -0.2) is 4.98 Å². The molecular formula is C11H5Cl2NO. The van der Waals surface area contributed by atoms with Crippen LogP contribution in [0.3, 0.4) is 0 Å². The third kappa shape index (κ3) is 1.29. The Balaban J connectivity index is 2.61. The summed E-state index contributed by atoms with van der Waals surface area (Å²) in [6.45, 7) is 0. The lowest BCUT2D eigenvalue weighted by Crippen LogP contribution is -1.77. The van der Waals surface area contributed by atoms with E-state index in [4.69, 9.17) is 27.6 Å². The number of fused-ring (bicyclic) bond motifs is 3. The Bertz CT molecular complexity index is 660. The van der Waals surface area contributed by atoms with Gasteiger partial charge in [0.1, 0.15) is 21.5 Å². The van der Waals surface area contributed by atoms with Crippen LogP contribution in [0.15, 0.2) is 34.7 Å². The summed E-state index contributed by atoms with van der Waals surface area (Å²) in [5.74, 6) is 0. The van der Waals surface area contributed by atoms with Crippen molar-refractivity contribution in [3.05, 3.63) is 40.6 Å². The van der Waals surface area contributed by atoms with Crippen LogP contribution in [0.4, 0.5) is 0 Å². The first-order valence-corrected chi connectivity index (χ1v) is 5.14. The number of furan rings is 1. The highest BCUT2D eigenvalue weighted by atomic mass is 35.5. The summed E-state index contributed by atoms with van der Waals surface area (Å²) in [6, 6.07) is 9.35. The number of hydrogen-bond donors (Lipinski definition) is 0. The van der Waals surface area contributed by atoms with Crippen LogP contribution in [0.1, 0.15) is 0 Å². The number of nitrogens with zero attached hydrogens (tertiary/aromatic N) is 1. The van der Waals surface area contributed by atoms with Gasteiger partial charge in [0.15, 0.2) is 0 Å². The van der Waals surface area contributed by atoms with Crippen LogP contribution < -0.4 is 0 Å². The largest absolute Gasteiger partial charge is 0.456 e. The summed E-state index contributed by atoms with van der Waals surface area (Å²) in [5, 5.41) is 2.49. The summed E-state index contributed by atoms with van der Waals surface area (Å²) in [4.78, 5) is 3.99. The third-order valence-corrected chi connectivity index (χ3v) is 2.75. The van der Waals surface area contributed by atoms with Crippen LogP contribution in [-0.2, 0) is 0 Å². The van der Waals surface area contributed by atoms with Gasteiger partial charge in [-0.3, -0.25) is 0 Å². The molecule has 0 amide bonds. The molecule has 2 aromatic heterocycles. The van der Waals surface area contributed by atoms with Gasteiger partial charge >= 0.3 is 0 Å². The Morgan fingerprint density at radius 2 is 1.87 bits per heavy atom. The first-order valence-electron chi connectivity index (χ1n) is 4.39. The molecule has 0 saturated carbocycles. The molecule has 0 unspecified atom stereocenters. The summed E-state index contributed by atoms with van der Waals surface area (Å²) in [7, 11) is 0. The second-order valence-corrected chi connectivity index (χ2v) is 3.95. The molecule has 0 fully saturated rings. The average Bonchev–Trinajstić information content (AvgIpc) is 2.54. The van der Waals surface area contributed by atoms with E-state index < -0.39 is 0 Å². The highest BCUT2D eigenvalue weighted by Crippen LogP contribution is 2.33. The van der Waals surface area contributed by atoms with Crippen molar-refractivity contribution in [2.75, 3.05) is 0 Å². The molecule has 1 aromatic carbocycles. The minimum absolute atomic E-state index is 0.339. The minimum Gasteiger partial charge on any atom is -0.456 e. The summed E-state index contributed by atoms with van der Waals surface area (Å²) in [6.07, 6.45) is 0. The maximum atomic E-state index is 6.03. The first-order chi connectivity index (χ1) is 7.25. The zero-order valence-electron chi connectivity index (χ0n) is 7.50. The van der Waals surface area contributed by atoms with E-state index in [1.165, 1.54) is 0 Å². The van der Waals surface area contributed by atoms with Crippen LogP contribution in [0.2, 0.25) is 10.3 Å². The Labute approximate surface area is 95.4 Å². The van der Waals surface area contributed by atoms with Crippen LogP contribution in [0.25, 0.3) is 21.9 Å². The van der Waals surface area contributed by atoms with Gasteiger partial charge in [-0.1, -0.05) is 41.4 Å². The molecule has 0 aliphatic heterocycles. The molecule has 0 spiro atoms. The number of halogens is 2. The zero-order valence-corrected chi connectivity index (χ0v) is 9.01. The molecule has 3 aromatic rings. The van der Waals surface area contributed by atoms with Crippen molar-refractivity contribution in [1.82, 2.24) is 4.98 Å². The smallest absolute Gasteiger partial charge is 0.142 e. The van der Waals surface area contributed by atoms with Crippen LogP contribution in [0, 0.1) is 0 Å². The molecule has 0 aliphatic carbocycles. The van der Waals surface area contributed by atoms with Gasteiger partial charge in [0, 0.05) is 11.5 Å². The van der Waals surface area contributed by atoms with Crippen molar-refractivity contribution >= 4 is 45.1 Å². The minimum atomic E-state index is 0.339. The zero-order chi connectivity index (χ0) is 10.4. The number of para-hydroxylation sites is 1.